The molecule has 0 unspecified atom stereocenters. The van der Waals surface area contributed by atoms with Gasteiger partial charge in [-0.3, -0.25) is 0 Å². The van der Waals surface area contributed by atoms with Crippen LogP contribution in [0.4, 0.5) is 5.82 Å². The minimum atomic E-state index is -0.584. The average Bonchev–Trinajstić information content (AvgIpc) is 2.45. The van der Waals surface area contributed by atoms with Crippen LogP contribution >= 0.6 is 0 Å². The zero-order valence-corrected chi connectivity index (χ0v) is 11.3. The molecule has 2 N–H and O–H groups in total. The first-order valence-electron chi connectivity index (χ1n) is 6.05. The lowest BCUT2D eigenvalue weighted by atomic mass is 10.2. The summed E-state index contributed by atoms with van der Waals surface area (Å²) in [6, 6.07) is 8.72. The molecule has 0 saturated carbocycles. The molecule has 1 aromatic carbocycles. The van der Waals surface area contributed by atoms with Gasteiger partial charge in [0, 0.05) is 23.9 Å². The van der Waals surface area contributed by atoms with Crippen LogP contribution in [0.15, 0.2) is 30.3 Å². The largest absolute Gasteiger partial charge is 0.508 e. The second-order valence-corrected chi connectivity index (χ2v) is 4.19. The fraction of sp³-hybridized carbons (Fsp3) is 0.214. The van der Waals surface area contributed by atoms with Gasteiger partial charge < -0.3 is 15.2 Å². The Balaban J connectivity index is 2.16. The molecule has 0 fully saturated rings. The van der Waals surface area contributed by atoms with Gasteiger partial charge in [0.1, 0.15) is 11.6 Å². The predicted molar refractivity (Wildman–Crippen MR) is 73.5 cm³/mol. The number of aromatic nitrogens is 2. The number of carbonyl (C=O) groups is 1. The van der Waals surface area contributed by atoms with E-state index in [4.69, 9.17) is 0 Å². The molecular weight excluding hydrogens is 258 g/mol. The number of ether oxygens (including phenoxy) is 1. The summed E-state index contributed by atoms with van der Waals surface area (Å²) in [6.07, 6.45) is 0. The molecule has 0 aliphatic rings. The van der Waals surface area contributed by atoms with Crippen LogP contribution in [0.25, 0.3) is 0 Å². The molecule has 1 heterocycles. The quantitative estimate of drug-likeness (QED) is 0.827. The van der Waals surface area contributed by atoms with E-state index in [1.165, 1.54) is 7.11 Å². The first-order valence-corrected chi connectivity index (χ1v) is 6.05. The highest BCUT2D eigenvalue weighted by Gasteiger charge is 2.11. The van der Waals surface area contributed by atoms with E-state index in [0.717, 1.165) is 5.56 Å². The van der Waals surface area contributed by atoms with Gasteiger partial charge in [-0.25, -0.2) is 14.8 Å². The molecule has 2 aromatic rings. The molecule has 0 bridgehead atoms. The lowest BCUT2D eigenvalue weighted by molar-refractivity contribution is 0.0586. The second-order valence-electron chi connectivity index (χ2n) is 4.19. The molecule has 1 aromatic heterocycles. The Morgan fingerprint density at radius 1 is 1.35 bits per heavy atom. The molecule has 104 valence electrons. The van der Waals surface area contributed by atoms with Crippen molar-refractivity contribution in [2.45, 2.75) is 13.5 Å². The molecule has 0 aliphatic heterocycles. The highest BCUT2D eigenvalue weighted by molar-refractivity contribution is 5.85. The summed E-state index contributed by atoms with van der Waals surface area (Å²) in [5, 5.41) is 12.7. The third-order valence-corrected chi connectivity index (χ3v) is 2.67. The minimum absolute atomic E-state index is 0.00674. The number of esters is 1. The maximum atomic E-state index is 11.4. The van der Waals surface area contributed by atoms with E-state index in [1.807, 2.05) is 6.07 Å². The van der Waals surface area contributed by atoms with E-state index >= 15 is 0 Å². The number of para-hydroxylation sites is 1. The Kier molecular flexibility index (Phi) is 4.14. The molecule has 0 aliphatic carbocycles. The fourth-order valence-corrected chi connectivity index (χ4v) is 1.69. The zero-order valence-electron chi connectivity index (χ0n) is 11.3. The fourth-order valence-electron chi connectivity index (χ4n) is 1.69. The maximum Gasteiger partial charge on any atom is 0.376 e. The number of carbonyl (C=O) groups excluding carboxylic acids is 1. The molecule has 0 radical (unpaired) electrons. The number of phenolic OH excluding ortho intramolecular Hbond substituents is 1. The molecule has 0 saturated heterocycles. The Morgan fingerprint density at radius 3 is 2.80 bits per heavy atom. The SMILES string of the molecule is COC(=O)c1nc(C)cc(NCc2ccccc2O)n1. The minimum Gasteiger partial charge on any atom is -0.508 e. The number of anilines is 1. The van der Waals surface area contributed by atoms with Crippen molar-refractivity contribution in [1.82, 2.24) is 9.97 Å². The Morgan fingerprint density at radius 2 is 2.10 bits per heavy atom. The van der Waals surface area contributed by atoms with Crippen molar-refractivity contribution in [3.8, 4) is 5.75 Å². The highest BCUT2D eigenvalue weighted by Crippen LogP contribution is 2.17. The lowest BCUT2D eigenvalue weighted by Crippen LogP contribution is -2.11. The van der Waals surface area contributed by atoms with Crippen LogP contribution in [0.2, 0.25) is 0 Å². The monoisotopic (exact) mass is 273 g/mol. The topological polar surface area (TPSA) is 84.3 Å². The van der Waals surface area contributed by atoms with Crippen molar-refractivity contribution in [3.05, 3.63) is 47.4 Å². The summed E-state index contributed by atoms with van der Waals surface area (Å²) >= 11 is 0. The van der Waals surface area contributed by atoms with Gasteiger partial charge in [-0.15, -0.1) is 0 Å². The Bertz CT molecular complexity index is 629. The molecule has 0 atom stereocenters. The van der Waals surface area contributed by atoms with E-state index < -0.39 is 5.97 Å². The molecule has 2 rings (SSSR count). The summed E-state index contributed by atoms with van der Waals surface area (Å²) in [7, 11) is 1.28. The third kappa shape index (κ3) is 3.23. The molecule has 20 heavy (non-hydrogen) atoms. The third-order valence-electron chi connectivity index (χ3n) is 2.67. The van der Waals surface area contributed by atoms with Crippen LogP contribution in [0.1, 0.15) is 21.9 Å². The van der Waals surface area contributed by atoms with Crippen molar-refractivity contribution in [3.63, 3.8) is 0 Å². The van der Waals surface area contributed by atoms with Crippen LogP contribution in [0.3, 0.4) is 0 Å². The maximum absolute atomic E-state index is 11.4. The van der Waals surface area contributed by atoms with Crippen molar-refractivity contribution in [2.75, 3.05) is 12.4 Å². The number of hydrogen-bond acceptors (Lipinski definition) is 6. The van der Waals surface area contributed by atoms with Crippen molar-refractivity contribution < 1.29 is 14.6 Å². The van der Waals surface area contributed by atoms with Crippen LogP contribution in [0, 0.1) is 6.92 Å². The normalized spacial score (nSPS) is 10.1. The lowest BCUT2D eigenvalue weighted by Gasteiger charge is -2.09. The van der Waals surface area contributed by atoms with Gasteiger partial charge in [-0.1, -0.05) is 18.2 Å². The van der Waals surface area contributed by atoms with Crippen LogP contribution in [-0.4, -0.2) is 28.2 Å². The highest BCUT2D eigenvalue weighted by atomic mass is 16.5. The first kappa shape index (κ1) is 13.8. The number of nitrogens with zero attached hydrogens (tertiary/aromatic N) is 2. The standard InChI is InChI=1S/C14H15N3O3/c1-9-7-12(17-13(16-9)14(19)20-2)15-8-10-5-3-4-6-11(10)18/h3-7,18H,8H2,1-2H3,(H,15,16,17). The predicted octanol–water partition coefficient (Wildman–Crippen LogP) is 1.89. The summed E-state index contributed by atoms with van der Waals surface area (Å²) < 4.78 is 4.60. The van der Waals surface area contributed by atoms with Gasteiger partial charge in [-0.05, 0) is 13.0 Å². The molecule has 0 spiro atoms. The van der Waals surface area contributed by atoms with Gasteiger partial charge in [0.2, 0.25) is 5.82 Å². The van der Waals surface area contributed by atoms with Gasteiger partial charge in [0.05, 0.1) is 7.11 Å². The van der Waals surface area contributed by atoms with E-state index in [1.54, 1.807) is 31.2 Å². The number of aromatic hydroxyl groups is 1. The van der Waals surface area contributed by atoms with Crippen molar-refractivity contribution >= 4 is 11.8 Å². The number of benzene rings is 1. The van der Waals surface area contributed by atoms with Gasteiger partial charge in [0.15, 0.2) is 0 Å². The summed E-state index contributed by atoms with van der Waals surface area (Å²) in [5.41, 5.74) is 1.39. The van der Waals surface area contributed by atoms with Crippen LogP contribution in [-0.2, 0) is 11.3 Å². The average molecular weight is 273 g/mol. The molecular formula is C14H15N3O3. The Labute approximate surface area is 116 Å². The number of nitrogens with one attached hydrogen (secondary N) is 1. The number of hydrogen-bond donors (Lipinski definition) is 2. The molecule has 0 amide bonds. The van der Waals surface area contributed by atoms with Crippen LogP contribution in [0.5, 0.6) is 5.75 Å². The summed E-state index contributed by atoms with van der Waals surface area (Å²) in [6.45, 7) is 2.16. The number of rotatable bonds is 4. The molecule has 6 heteroatoms. The van der Waals surface area contributed by atoms with Crippen LogP contribution < -0.4 is 5.32 Å². The smallest absolute Gasteiger partial charge is 0.376 e. The van der Waals surface area contributed by atoms with Crippen molar-refractivity contribution in [1.29, 1.82) is 0 Å². The summed E-state index contributed by atoms with van der Waals surface area (Å²) in [5.74, 6) is 0.131. The van der Waals surface area contributed by atoms with E-state index in [9.17, 15) is 9.90 Å². The van der Waals surface area contributed by atoms with Gasteiger partial charge >= 0.3 is 5.97 Å². The Hall–Kier alpha value is -2.63. The van der Waals surface area contributed by atoms with E-state index in [2.05, 4.69) is 20.0 Å². The molecule has 6 nitrogen and oxygen atoms in total. The van der Waals surface area contributed by atoms with Gasteiger partial charge in [-0.2, -0.15) is 0 Å². The zero-order chi connectivity index (χ0) is 14.5. The second kappa shape index (κ2) is 6.01. The van der Waals surface area contributed by atoms with E-state index in [-0.39, 0.29) is 11.6 Å². The number of methoxy groups -OCH3 is 1. The number of aryl methyl sites for hydroxylation is 1. The van der Waals surface area contributed by atoms with E-state index in [0.29, 0.717) is 18.1 Å². The first-order chi connectivity index (χ1) is 9.60. The summed E-state index contributed by atoms with van der Waals surface area (Å²) in [4.78, 5) is 19.5. The van der Waals surface area contributed by atoms with Crippen molar-refractivity contribution in [2.24, 2.45) is 0 Å². The van der Waals surface area contributed by atoms with Gasteiger partial charge in [0.25, 0.3) is 0 Å². The number of phenols is 1.